The van der Waals surface area contributed by atoms with Crippen LogP contribution in [0.5, 0.6) is 0 Å². The van der Waals surface area contributed by atoms with Crippen molar-refractivity contribution in [2.75, 3.05) is 0 Å². The molecule has 0 aromatic heterocycles. The van der Waals surface area contributed by atoms with Crippen LogP contribution in [0.25, 0.3) is 0 Å². The molecule has 0 aliphatic carbocycles. The Hall–Kier alpha value is -1.99. The molecule has 4 nitrogen and oxygen atoms in total. The lowest BCUT2D eigenvalue weighted by molar-refractivity contribution is 0.500. The van der Waals surface area contributed by atoms with E-state index in [0.29, 0.717) is 26.3 Å². The van der Waals surface area contributed by atoms with Gasteiger partial charge in [-0.25, -0.2) is 8.78 Å². The molecular weight excluding hydrogens is 402 g/mol. The fraction of sp³-hybridized carbons (Fsp3) is 0.125. The highest BCUT2D eigenvalue weighted by molar-refractivity contribution is 9.10. The second-order valence-electron chi connectivity index (χ2n) is 5.03. The van der Waals surface area contributed by atoms with Crippen LogP contribution in [0.2, 0.25) is 5.02 Å². The molecule has 0 heterocycles. The van der Waals surface area contributed by atoms with Gasteiger partial charge in [0.05, 0.1) is 5.71 Å². The third-order valence-corrected chi connectivity index (χ3v) is 4.23. The van der Waals surface area contributed by atoms with Crippen molar-refractivity contribution in [3.05, 3.63) is 68.2 Å². The normalized spacial score (nSPS) is 11.5. The number of benzene rings is 2. The van der Waals surface area contributed by atoms with Gasteiger partial charge in [0.25, 0.3) is 0 Å². The van der Waals surface area contributed by atoms with Crippen LogP contribution in [-0.2, 0) is 6.42 Å². The van der Waals surface area contributed by atoms with Gasteiger partial charge in [0.15, 0.2) is 11.6 Å². The van der Waals surface area contributed by atoms with Crippen LogP contribution in [0.1, 0.15) is 16.7 Å². The molecule has 0 saturated heterocycles. The van der Waals surface area contributed by atoms with Crippen LogP contribution in [-0.4, -0.2) is 11.7 Å². The average molecular weight is 416 g/mol. The molecule has 0 unspecified atom stereocenters. The highest BCUT2D eigenvalue weighted by Crippen LogP contribution is 2.25. The van der Waals surface area contributed by atoms with Gasteiger partial charge in [-0.3, -0.25) is 0 Å². The molecule has 0 spiro atoms. The number of guanidine groups is 1. The van der Waals surface area contributed by atoms with Crippen LogP contribution in [0.15, 0.2) is 45.0 Å². The summed E-state index contributed by atoms with van der Waals surface area (Å²) in [6, 6.07) is 7.62. The molecule has 126 valence electrons. The number of hydrogen-bond acceptors (Lipinski definition) is 2. The Morgan fingerprint density at radius 3 is 2.54 bits per heavy atom. The summed E-state index contributed by atoms with van der Waals surface area (Å²) in [5.41, 5.74) is 12.3. The summed E-state index contributed by atoms with van der Waals surface area (Å²) in [7, 11) is 0. The summed E-state index contributed by atoms with van der Waals surface area (Å²) in [4.78, 5) is 0. The Kier molecular flexibility index (Phi) is 5.90. The van der Waals surface area contributed by atoms with Crippen molar-refractivity contribution in [1.29, 1.82) is 0 Å². The molecule has 0 atom stereocenters. The van der Waals surface area contributed by atoms with Crippen molar-refractivity contribution in [3.63, 3.8) is 0 Å². The monoisotopic (exact) mass is 414 g/mol. The third kappa shape index (κ3) is 4.30. The highest BCUT2D eigenvalue weighted by Gasteiger charge is 2.17. The molecule has 0 amide bonds. The number of nitrogens with two attached hydrogens (primary N) is 2. The molecule has 0 aliphatic rings. The number of hydrogen-bond donors (Lipinski definition) is 2. The van der Waals surface area contributed by atoms with Crippen LogP contribution in [0.4, 0.5) is 8.78 Å². The first-order valence-corrected chi connectivity index (χ1v) is 8.01. The van der Waals surface area contributed by atoms with E-state index in [0.717, 1.165) is 6.07 Å². The zero-order valence-electron chi connectivity index (χ0n) is 12.7. The minimum atomic E-state index is -0.929. The van der Waals surface area contributed by atoms with Gasteiger partial charge in [0.1, 0.15) is 0 Å². The number of nitrogens with zero attached hydrogens (tertiary/aromatic N) is 2. The molecular formula is C16H14BrClF2N4. The summed E-state index contributed by atoms with van der Waals surface area (Å²) in [5.74, 6) is -2.10. The second kappa shape index (κ2) is 7.72. The summed E-state index contributed by atoms with van der Waals surface area (Å²) >= 11 is 9.40. The zero-order chi connectivity index (χ0) is 17.9. The number of halogens is 4. The van der Waals surface area contributed by atoms with Crippen molar-refractivity contribution < 1.29 is 8.78 Å². The van der Waals surface area contributed by atoms with Gasteiger partial charge in [0.2, 0.25) is 5.96 Å². The zero-order valence-corrected chi connectivity index (χ0v) is 15.0. The van der Waals surface area contributed by atoms with Crippen LogP contribution < -0.4 is 11.5 Å². The van der Waals surface area contributed by atoms with E-state index in [2.05, 4.69) is 26.1 Å². The predicted octanol–water partition coefficient (Wildman–Crippen LogP) is 3.91. The SMILES string of the molecule is Cc1ccc(F)c(F)c1C/C(=N\N=C(N)N)c1cc(Cl)ccc1Br. The molecule has 0 bridgehead atoms. The van der Waals surface area contributed by atoms with Crippen molar-refractivity contribution in [2.45, 2.75) is 13.3 Å². The van der Waals surface area contributed by atoms with E-state index in [1.54, 1.807) is 25.1 Å². The lowest BCUT2D eigenvalue weighted by Gasteiger charge is -2.12. The van der Waals surface area contributed by atoms with E-state index in [9.17, 15) is 8.78 Å². The molecule has 24 heavy (non-hydrogen) atoms. The highest BCUT2D eigenvalue weighted by atomic mass is 79.9. The van der Waals surface area contributed by atoms with Gasteiger partial charge >= 0.3 is 0 Å². The fourth-order valence-electron chi connectivity index (χ4n) is 2.09. The molecule has 4 N–H and O–H groups in total. The first-order chi connectivity index (χ1) is 11.3. The summed E-state index contributed by atoms with van der Waals surface area (Å²) < 4.78 is 28.4. The van der Waals surface area contributed by atoms with Gasteiger partial charge in [-0.15, -0.1) is 5.10 Å². The van der Waals surface area contributed by atoms with E-state index in [1.807, 2.05) is 0 Å². The Morgan fingerprint density at radius 2 is 1.88 bits per heavy atom. The Morgan fingerprint density at radius 1 is 1.17 bits per heavy atom. The van der Waals surface area contributed by atoms with Crippen molar-refractivity contribution in [2.24, 2.45) is 21.7 Å². The third-order valence-electron chi connectivity index (χ3n) is 3.30. The second-order valence-corrected chi connectivity index (χ2v) is 6.32. The van der Waals surface area contributed by atoms with E-state index in [4.69, 9.17) is 23.1 Å². The first-order valence-electron chi connectivity index (χ1n) is 6.84. The van der Waals surface area contributed by atoms with Gasteiger partial charge in [-0.2, -0.15) is 5.10 Å². The maximum atomic E-state index is 14.2. The predicted molar refractivity (Wildman–Crippen MR) is 96.3 cm³/mol. The average Bonchev–Trinajstić information content (AvgIpc) is 2.53. The molecule has 2 rings (SSSR count). The molecule has 0 aliphatic heterocycles. The molecule has 0 radical (unpaired) electrons. The maximum Gasteiger partial charge on any atom is 0.211 e. The lowest BCUT2D eigenvalue weighted by Crippen LogP contribution is -2.22. The molecule has 0 saturated carbocycles. The largest absolute Gasteiger partial charge is 0.369 e. The van der Waals surface area contributed by atoms with Gasteiger partial charge in [0, 0.05) is 21.5 Å². The quantitative estimate of drug-likeness (QED) is 0.451. The Balaban J connectivity index is 2.57. The van der Waals surface area contributed by atoms with Crippen molar-refractivity contribution in [1.82, 2.24) is 0 Å². The first kappa shape index (κ1) is 18.4. The van der Waals surface area contributed by atoms with Crippen LogP contribution in [0, 0.1) is 18.6 Å². The van der Waals surface area contributed by atoms with Gasteiger partial charge < -0.3 is 11.5 Å². The maximum absolute atomic E-state index is 14.2. The summed E-state index contributed by atoms with van der Waals surface area (Å²) in [6.45, 7) is 1.68. The summed E-state index contributed by atoms with van der Waals surface area (Å²) in [5, 5.41) is 8.07. The van der Waals surface area contributed by atoms with E-state index >= 15 is 0 Å². The molecule has 8 heteroatoms. The standard InChI is InChI=1S/C16H14BrClF2N4/c1-8-2-5-13(19)15(20)10(8)7-14(23-24-16(21)22)11-6-9(18)3-4-12(11)17/h2-6H,7H2,1H3,(H4,21,22,24)/b23-14+. The number of aryl methyl sites for hydroxylation is 1. The minimum Gasteiger partial charge on any atom is -0.369 e. The van der Waals surface area contributed by atoms with E-state index in [1.165, 1.54) is 6.07 Å². The van der Waals surface area contributed by atoms with Crippen molar-refractivity contribution >= 4 is 39.2 Å². The minimum absolute atomic E-state index is 0.00878. The lowest BCUT2D eigenvalue weighted by atomic mass is 9.98. The molecule has 2 aromatic rings. The topological polar surface area (TPSA) is 76.8 Å². The van der Waals surface area contributed by atoms with Gasteiger partial charge in [-0.1, -0.05) is 33.6 Å². The molecule has 0 fully saturated rings. The van der Waals surface area contributed by atoms with E-state index in [-0.39, 0.29) is 17.9 Å². The van der Waals surface area contributed by atoms with Gasteiger partial charge in [-0.05, 0) is 42.3 Å². The van der Waals surface area contributed by atoms with Crippen LogP contribution in [0.3, 0.4) is 0 Å². The Labute approximate surface area is 151 Å². The smallest absolute Gasteiger partial charge is 0.211 e. The van der Waals surface area contributed by atoms with E-state index < -0.39 is 11.6 Å². The van der Waals surface area contributed by atoms with Crippen molar-refractivity contribution in [3.8, 4) is 0 Å². The number of rotatable bonds is 4. The Bertz CT molecular complexity index is 833. The molecule has 2 aromatic carbocycles. The van der Waals surface area contributed by atoms with Crippen LogP contribution >= 0.6 is 27.5 Å². The summed E-state index contributed by atoms with van der Waals surface area (Å²) in [6.07, 6.45) is -0.00878. The fourth-order valence-corrected chi connectivity index (χ4v) is 2.74.